The molecule has 3 aromatic rings. The summed E-state index contributed by atoms with van der Waals surface area (Å²) in [4.78, 5) is 26.3. The molecule has 0 atom stereocenters. The summed E-state index contributed by atoms with van der Waals surface area (Å²) >= 11 is 0. The zero-order valence-electron chi connectivity index (χ0n) is 13.0. The molecule has 0 radical (unpaired) electrons. The largest absolute Gasteiger partial charge is 0.477 e. The van der Waals surface area contributed by atoms with Crippen molar-refractivity contribution >= 4 is 22.6 Å². The molecular weight excluding hydrogens is 324 g/mol. The average Bonchev–Trinajstić information content (AvgIpc) is 3.06. The molecule has 7 nitrogen and oxygen atoms in total. The quantitative estimate of drug-likeness (QED) is 0.676. The van der Waals surface area contributed by atoms with Gasteiger partial charge in [0.15, 0.2) is 11.5 Å². The van der Waals surface area contributed by atoms with E-state index in [2.05, 4.69) is 10.3 Å². The van der Waals surface area contributed by atoms with Crippen molar-refractivity contribution in [1.29, 1.82) is 0 Å². The number of hydrogen-bond acceptors (Lipinski definition) is 5. The van der Waals surface area contributed by atoms with Crippen LogP contribution in [0.3, 0.4) is 0 Å². The fraction of sp³-hybridized carbons (Fsp3) is 0.111. The van der Waals surface area contributed by atoms with Gasteiger partial charge < -0.3 is 24.9 Å². The average molecular weight is 338 g/mol. The fourth-order valence-electron chi connectivity index (χ4n) is 2.87. The van der Waals surface area contributed by atoms with E-state index in [0.717, 1.165) is 5.56 Å². The zero-order chi connectivity index (χ0) is 17.4. The van der Waals surface area contributed by atoms with Crippen LogP contribution in [-0.4, -0.2) is 22.9 Å². The number of hydrogen-bond donors (Lipinski definition) is 3. The summed E-state index contributed by atoms with van der Waals surface area (Å²) in [6.45, 7) is 0.526. The standard InChI is InChI=1S/C18H14N2O5/c21-17-15(18(22)23)16(11-3-1-2-4-12(11)20-17)19-8-10-5-6-13-14(7-10)25-9-24-13/h1-7H,8-9H2,(H,22,23)(H2,19,20,21). The number of nitrogens with one attached hydrogen (secondary N) is 2. The molecule has 0 aliphatic carbocycles. The van der Waals surface area contributed by atoms with Gasteiger partial charge in [0, 0.05) is 11.9 Å². The number of carbonyl (C=O) groups is 1. The number of aromatic carboxylic acids is 1. The molecule has 1 aliphatic rings. The summed E-state index contributed by atoms with van der Waals surface area (Å²) in [5, 5.41) is 13.2. The van der Waals surface area contributed by atoms with Crippen molar-refractivity contribution in [2.24, 2.45) is 0 Å². The summed E-state index contributed by atoms with van der Waals surface area (Å²) in [7, 11) is 0. The molecule has 0 saturated heterocycles. The molecule has 25 heavy (non-hydrogen) atoms. The number of ether oxygens (including phenoxy) is 2. The van der Waals surface area contributed by atoms with Crippen LogP contribution in [0, 0.1) is 0 Å². The van der Waals surface area contributed by atoms with Gasteiger partial charge in [-0.2, -0.15) is 0 Å². The van der Waals surface area contributed by atoms with Gasteiger partial charge in [0.1, 0.15) is 5.56 Å². The molecule has 0 spiro atoms. The number of carboxylic acids is 1. The Labute approximate surface area is 141 Å². The maximum Gasteiger partial charge on any atom is 0.343 e. The molecule has 2 heterocycles. The Hall–Kier alpha value is -3.48. The van der Waals surface area contributed by atoms with Crippen LogP contribution >= 0.6 is 0 Å². The van der Waals surface area contributed by atoms with Gasteiger partial charge in [-0.15, -0.1) is 0 Å². The first-order chi connectivity index (χ1) is 12.1. The molecule has 2 aromatic carbocycles. The minimum absolute atomic E-state index is 0.189. The highest BCUT2D eigenvalue weighted by Gasteiger charge is 2.19. The highest BCUT2D eigenvalue weighted by atomic mass is 16.7. The van der Waals surface area contributed by atoms with Crippen molar-refractivity contribution in [3.8, 4) is 11.5 Å². The molecule has 0 fully saturated rings. The number of aromatic nitrogens is 1. The predicted molar refractivity (Wildman–Crippen MR) is 91.4 cm³/mol. The molecule has 1 aliphatic heterocycles. The molecule has 7 heteroatoms. The Morgan fingerprint density at radius 1 is 1.16 bits per heavy atom. The van der Waals surface area contributed by atoms with E-state index in [1.807, 2.05) is 12.1 Å². The second kappa shape index (κ2) is 5.86. The van der Waals surface area contributed by atoms with Crippen molar-refractivity contribution in [3.05, 3.63) is 63.9 Å². The van der Waals surface area contributed by atoms with Gasteiger partial charge in [0.25, 0.3) is 5.56 Å². The lowest BCUT2D eigenvalue weighted by Crippen LogP contribution is -2.21. The van der Waals surface area contributed by atoms with Gasteiger partial charge >= 0.3 is 5.97 Å². The first kappa shape index (κ1) is 15.1. The normalized spacial score (nSPS) is 12.3. The first-order valence-corrected chi connectivity index (χ1v) is 7.64. The maximum absolute atomic E-state index is 12.1. The molecule has 0 amide bonds. The Morgan fingerprint density at radius 2 is 1.96 bits per heavy atom. The Kier molecular flexibility index (Phi) is 3.53. The Bertz CT molecular complexity index is 1040. The number of benzene rings is 2. The van der Waals surface area contributed by atoms with Gasteiger partial charge in [-0.3, -0.25) is 4.79 Å². The van der Waals surface area contributed by atoms with Crippen LogP contribution in [0.2, 0.25) is 0 Å². The number of fused-ring (bicyclic) bond motifs is 2. The SMILES string of the molecule is O=C(O)c1c(NCc2ccc3c(c2)OCO3)c2ccccc2[nH]c1=O. The lowest BCUT2D eigenvalue weighted by Gasteiger charge is -2.13. The minimum Gasteiger partial charge on any atom is -0.477 e. The molecule has 4 rings (SSSR count). The fourth-order valence-corrected chi connectivity index (χ4v) is 2.87. The van der Waals surface area contributed by atoms with E-state index in [0.29, 0.717) is 34.6 Å². The smallest absolute Gasteiger partial charge is 0.343 e. The third kappa shape index (κ3) is 2.65. The topological polar surface area (TPSA) is 101 Å². The number of carboxylic acid groups (broad SMARTS) is 1. The molecule has 3 N–H and O–H groups in total. The van der Waals surface area contributed by atoms with Gasteiger partial charge in [0.05, 0.1) is 11.2 Å². The van der Waals surface area contributed by atoms with Crippen molar-refractivity contribution in [2.45, 2.75) is 6.54 Å². The molecule has 0 bridgehead atoms. The Morgan fingerprint density at radius 3 is 2.80 bits per heavy atom. The lowest BCUT2D eigenvalue weighted by molar-refractivity contribution is 0.0696. The van der Waals surface area contributed by atoms with Crippen molar-refractivity contribution in [2.75, 3.05) is 12.1 Å². The summed E-state index contributed by atoms with van der Waals surface area (Å²) in [5.74, 6) is 0.0466. The van der Waals surface area contributed by atoms with Crippen LogP contribution < -0.4 is 20.3 Å². The number of para-hydroxylation sites is 1. The lowest BCUT2D eigenvalue weighted by atomic mass is 10.1. The highest BCUT2D eigenvalue weighted by Crippen LogP contribution is 2.33. The van der Waals surface area contributed by atoms with Crippen LogP contribution in [0.5, 0.6) is 11.5 Å². The van der Waals surface area contributed by atoms with E-state index in [-0.39, 0.29) is 12.4 Å². The van der Waals surface area contributed by atoms with Crippen LogP contribution in [0.25, 0.3) is 10.9 Å². The monoisotopic (exact) mass is 338 g/mol. The first-order valence-electron chi connectivity index (χ1n) is 7.64. The van der Waals surface area contributed by atoms with Gasteiger partial charge in [0.2, 0.25) is 6.79 Å². The summed E-state index contributed by atoms with van der Waals surface area (Å²) in [6, 6.07) is 12.5. The van der Waals surface area contributed by atoms with Crippen molar-refractivity contribution < 1.29 is 19.4 Å². The van der Waals surface area contributed by atoms with E-state index in [1.54, 1.807) is 30.3 Å². The highest BCUT2D eigenvalue weighted by molar-refractivity contribution is 6.04. The van der Waals surface area contributed by atoms with E-state index in [1.165, 1.54) is 0 Å². The molecule has 0 saturated carbocycles. The molecular formula is C18H14N2O5. The predicted octanol–water partition coefficient (Wildman–Crippen LogP) is 2.57. The van der Waals surface area contributed by atoms with Gasteiger partial charge in [-0.1, -0.05) is 24.3 Å². The van der Waals surface area contributed by atoms with Crippen LogP contribution in [0.4, 0.5) is 5.69 Å². The second-order valence-corrected chi connectivity index (χ2v) is 5.60. The maximum atomic E-state index is 12.1. The van der Waals surface area contributed by atoms with Crippen molar-refractivity contribution in [3.63, 3.8) is 0 Å². The third-order valence-corrected chi connectivity index (χ3v) is 4.04. The summed E-state index contributed by atoms with van der Waals surface area (Å²) < 4.78 is 10.6. The number of pyridine rings is 1. The number of aromatic amines is 1. The zero-order valence-corrected chi connectivity index (χ0v) is 13.0. The molecule has 0 unspecified atom stereocenters. The third-order valence-electron chi connectivity index (χ3n) is 4.04. The molecule has 126 valence electrons. The van der Waals surface area contributed by atoms with E-state index >= 15 is 0 Å². The van der Waals surface area contributed by atoms with Crippen molar-refractivity contribution in [1.82, 2.24) is 4.98 Å². The van der Waals surface area contributed by atoms with E-state index in [9.17, 15) is 14.7 Å². The minimum atomic E-state index is -1.28. The summed E-state index contributed by atoms with van der Waals surface area (Å²) in [6.07, 6.45) is 0. The second-order valence-electron chi connectivity index (χ2n) is 5.60. The van der Waals surface area contributed by atoms with E-state index in [4.69, 9.17) is 9.47 Å². The summed E-state index contributed by atoms with van der Waals surface area (Å²) in [5.41, 5.74) is 0.805. The number of anilines is 1. The molecule has 1 aromatic heterocycles. The Balaban J connectivity index is 1.74. The van der Waals surface area contributed by atoms with Crippen LogP contribution in [0.15, 0.2) is 47.3 Å². The van der Waals surface area contributed by atoms with Gasteiger partial charge in [-0.05, 0) is 23.8 Å². The van der Waals surface area contributed by atoms with Crippen LogP contribution in [-0.2, 0) is 6.54 Å². The van der Waals surface area contributed by atoms with E-state index < -0.39 is 11.5 Å². The van der Waals surface area contributed by atoms with Gasteiger partial charge in [-0.25, -0.2) is 4.79 Å². The van der Waals surface area contributed by atoms with Crippen LogP contribution in [0.1, 0.15) is 15.9 Å². The number of rotatable bonds is 4. The number of H-pyrrole nitrogens is 1.